The molecule has 0 atom stereocenters. The molecule has 17 heteroatoms. The fourth-order valence-electron chi connectivity index (χ4n) is 4.33. The van der Waals surface area contributed by atoms with E-state index in [2.05, 4.69) is 85.0 Å². The van der Waals surface area contributed by atoms with Crippen molar-refractivity contribution >= 4 is 56.0 Å². The van der Waals surface area contributed by atoms with E-state index in [1.807, 2.05) is 76.1 Å². The Balaban J connectivity index is 0.000000160. The van der Waals surface area contributed by atoms with Crippen LogP contribution in [0.25, 0.3) is 45.3 Å². The van der Waals surface area contributed by atoms with Gasteiger partial charge in [-0.25, -0.2) is 9.97 Å². The molecule has 15 nitrogen and oxygen atoms in total. The summed E-state index contributed by atoms with van der Waals surface area (Å²) in [5.74, 6) is 1.19. The smallest absolute Gasteiger partial charge is 0.209 e. The van der Waals surface area contributed by atoms with Gasteiger partial charge >= 0.3 is 0 Å². The molecular weight excluding hydrogens is 681 g/mol. The maximum atomic E-state index is 4.53. The Bertz CT molecular complexity index is 2180. The van der Waals surface area contributed by atoms with E-state index < -0.39 is 0 Å². The molecule has 0 saturated heterocycles. The Labute approximate surface area is 260 Å². The van der Waals surface area contributed by atoms with Crippen molar-refractivity contribution < 1.29 is 0 Å². The third-order valence-electron chi connectivity index (χ3n) is 6.28. The van der Waals surface area contributed by atoms with E-state index in [9.17, 15) is 0 Å². The van der Waals surface area contributed by atoms with E-state index in [-0.39, 0.29) is 0 Å². The van der Waals surface area contributed by atoms with Crippen LogP contribution in [-0.4, -0.2) is 69.4 Å². The van der Waals surface area contributed by atoms with Crippen LogP contribution in [0.15, 0.2) is 78.8 Å². The van der Waals surface area contributed by atoms with Gasteiger partial charge in [0.25, 0.3) is 0 Å². The molecule has 8 rings (SSSR count). The van der Waals surface area contributed by atoms with Gasteiger partial charge in [-0.1, -0.05) is 23.5 Å². The summed E-state index contributed by atoms with van der Waals surface area (Å²) in [4.78, 5) is 11.7. The van der Waals surface area contributed by atoms with E-state index in [0.717, 1.165) is 48.2 Å². The maximum absolute atomic E-state index is 4.53. The number of benzene rings is 1. The van der Waals surface area contributed by atoms with Gasteiger partial charge in [0, 0.05) is 34.8 Å². The maximum Gasteiger partial charge on any atom is 0.209 e. The lowest BCUT2D eigenvalue weighted by atomic mass is 10.1. The van der Waals surface area contributed by atoms with Gasteiger partial charge in [0.05, 0.1) is 32.2 Å². The second-order valence-electron chi connectivity index (χ2n) is 9.17. The van der Waals surface area contributed by atoms with Gasteiger partial charge in [-0.05, 0) is 69.4 Å². The fourth-order valence-corrected chi connectivity index (χ4v) is 5.34. The summed E-state index contributed by atoms with van der Waals surface area (Å²) >= 11 is 3.69. The van der Waals surface area contributed by atoms with E-state index in [4.69, 9.17) is 0 Å². The summed E-state index contributed by atoms with van der Waals surface area (Å²) in [6.07, 6.45) is 7.60. The van der Waals surface area contributed by atoms with Crippen molar-refractivity contribution in [1.82, 2.24) is 69.4 Å². The predicted molar refractivity (Wildman–Crippen MR) is 167 cm³/mol. The molecular formula is C26H20IN15S. The quantitative estimate of drug-likeness (QED) is 0.259. The first-order chi connectivity index (χ1) is 21.0. The van der Waals surface area contributed by atoms with Crippen LogP contribution in [0.3, 0.4) is 0 Å². The van der Waals surface area contributed by atoms with Crippen LogP contribution in [0.4, 0.5) is 10.8 Å². The first-order valence-corrected chi connectivity index (χ1v) is 14.7. The van der Waals surface area contributed by atoms with Gasteiger partial charge in [-0.15, -0.1) is 30.6 Å². The van der Waals surface area contributed by atoms with Gasteiger partial charge in [0.1, 0.15) is 20.5 Å². The molecule has 7 aromatic heterocycles. The second-order valence-corrected chi connectivity index (χ2v) is 11.1. The lowest BCUT2D eigenvalue weighted by Gasteiger charge is -2.06. The van der Waals surface area contributed by atoms with Crippen molar-refractivity contribution in [3.05, 3.63) is 82.5 Å². The number of aromatic nitrogens is 14. The molecule has 0 saturated carbocycles. The summed E-state index contributed by atoms with van der Waals surface area (Å²) in [6, 6.07) is 15.9. The summed E-state index contributed by atoms with van der Waals surface area (Å²) in [7, 11) is 3.49. The average molecular weight is 702 g/mol. The minimum atomic E-state index is 0.577. The number of aryl methyl sites for hydroxylation is 2. The Morgan fingerprint density at radius 2 is 1.42 bits per heavy atom. The Morgan fingerprint density at radius 3 is 2.07 bits per heavy atom. The number of fused-ring (bicyclic) bond motifs is 2. The summed E-state index contributed by atoms with van der Waals surface area (Å²) in [5, 5.41) is 36.0. The molecule has 0 bridgehead atoms. The standard InChI is InChI=1S/C17H13N9S.C9H7IN6/c1-25-23-16(21-24-25)12-5-6-26-14(9-18-15(26)8-12)11-3-2-4-13(7-11)20-17-22-19-10-27-17;1-15-13-9(12-14-15)6-2-3-16-7(10)5-11-8(16)4-6/h2-10H,1H3,(H,20,22);2-5H,1H3. The highest BCUT2D eigenvalue weighted by Crippen LogP contribution is 2.27. The molecule has 0 aliphatic rings. The normalized spacial score (nSPS) is 11.1. The van der Waals surface area contributed by atoms with Crippen LogP contribution in [0.5, 0.6) is 0 Å². The van der Waals surface area contributed by atoms with Gasteiger partial charge in [0.2, 0.25) is 16.8 Å². The number of hydrogen-bond acceptors (Lipinski definition) is 12. The minimum absolute atomic E-state index is 0.577. The highest BCUT2D eigenvalue weighted by molar-refractivity contribution is 14.1. The third-order valence-corrected chi connectivity index (χ3v) is 7.69. The van der Waals surface area contributed by atoms with Crippen LogP contribution >= 0.6 is 33.9 Å². The topological polar surface area (TPSA) is 160 Å². The van der Waals surface area contributed by atoms with Gasteiger partial charge in [0.15, 0.2) is 0 Å². The lowest BCUT2D eigenvalue weighted by Crippen LogP contribution is -1.93. The van der Waals surface area contributed by atoms with Crippen molar-refractivity contribution in [1.29, 1.82) is 0 Å². The van der Waals surface area contributed by atoms with E-state index >= 15 is 0 Å². The monoisotopic (exact) mass is 701 g/mol. The van der Waals surface area contributed by atoms with Crippen molar-refractivity contribution in [2.75, 3.05) is 5.32 Å². The molecule has 43 heavy (non-hydrogen) atoms. The average Bonchev–Trinajstić information content (AvgIpc) is 3.86. The highest BCUT2D eigenvalue weighted by Gasteiger charge is 2.11. The van der Waals surface area contributed by atoms with Crippen LogP contribution in [0.2, 0.25) is 0 Å². The Morgan fingerprint density at radius 1 is 0.744 bits per heavy atom. The molecule has 212 valence electrons. The molecule has 1 aromatic carbocycles. The molecule has 7 heterocycles. The van der Waals surface area contributed by atoms with Gasteiger partial charge in [-0.2, -0.15) is 9.59 Å². The van der Waals surface area contributed by atoms with Crippen LogP contribution in [0.1, 0.15) is 0 Å². The molecule has 0 spiro atoms. The van der Waals surface area contributed by atoms with Crippen molar-refractivity contribution in [2.45, 2.75) is 0 Å². The van der Waals surface area contributed by atoms with Gasteiger partial charge < -0.3 is 5.32 Å². The summed E-state index contributed by atoms with van der Waals surface area (Å²) in [6.45, 7) is 0. The zero-order valence-corrected chi connectivity index (χ0v) is 25.5. The number of pyridine rings is 2. The van der Waals surface area contributed by atoms with Crippen molar-refractivity contribution in [3.63, 3.8) is 0 Å². The van der Waals surface area contributed by atoms with Crippen LogP contribution < -0.4 is 5.32 Å². The second kappa shape index (κ2) is 11.2. The number of halogens is 1. The number of imidazole rings is 2. The summed E-state index contributed by atoms with van der Waals surface area (Å²) < 4.78 is 5.11. The third kappa shape index (κ3) is 5.54. The first kappa shape index (κ1) is 26.7. The van der Waals surface area contributed by atoms with E-state index in [1.165, 1.54) is 20.9 Å². The number of anilines is 2. The fraction of sp³-hybridized carbons (Fsp3) is 0.0769. The van der Waals surface area contributed by atoms with Crippen molar-refractivity contribution in [3.8, 4) is 34.0 Å². The molecule has 1 N–H and O–H groups in total. The molecule has 0 fully saturated rings. The zero-order chi connectivity index (χ0) is 29.3. The zero-order valence-electron chi connectivity index (χ0n) is 22.6. The lowest BCUT2D eigenvalue weighted by molar-refractivity contribution is 0.630. The van der Waals surface area contributed by atoms with Crippen LogP contribution in [-0.2, 0) is 14.1 Å². The van der Waals surface area contributed by atoms with Crippen molar-refractivity contribution in [2.24, 2.45) is 14.1 Å². The number of nitrogens with zero attached hydrogens (tertiary/aromatic N) is 14. The number of hydrogen-bond donors (Lipinski definition) is 1. The SMILES string of the molecule is Cn1nnc(-c2ccn3c(-c4cccc(Nc5nncs5)c4)cnc3c2)n1.Cn1nnc(-c2ccn3c(I)cnc3c2)n1. The Kier molecular flexibility index (Phi) is 6.99. The predicted octanol–water partition coefficient (Wildman–Crippen LogP) is 3.92. The van der Waals surface area contributed by atoms with E-state index in [0.29, 0.717) is 11.6 Å². The minimum Gasteiger partial charge on any atom is -0.330 e. The Hall–Kier alpha value is -5.17. The number of rotatable bonds is 5. The van der Waals surface area contributed by atoms with E-state index in [1.54, 1.807) is 19.6 Å². The van der Waals surface area contributed by atoms with Gasteiger partial charge in [-0.3, -0.25) is 8.80 Å². The molecule has 0 aliphatic heterocycles. The van der Waals surface area contributed by atoms with Crippen LogP contribution in [0, 0.1) is 3.70 Å². The molecule has 0 radical (unpaired) electrons. The largest absolute Gasteiger partial charge is 0.330 e. The summed E-state index contributed by atoms with van der Waals surface area (Å²) in [5.41, 5.74) is 8.17. The molecule has 0 aliphatic carbocycles. The molecule has 0 unspecified atom stereocenters. The molecule has 8 aromatic rings. The number of nitrogens with one attached hydrogen (secondary N) is 1. The molecule has 0 amide bonds. The number of tetrazole rings is 2. The first-order valence-electron chi connectivity index (χ1n) is 12.7. The highest BCUT2D eigenvalue weighted by atomic mass is 127.